The lowest BCUT2D eigenvalue weighted by Gasteiger charge is -2.15. The van der Waals surface area contributed by atoms with Gasteiger partial charge in [0.1, 0.15) is 11.1 Å². The fraction of sp³-hybridized carbons (Fsp3) is 0.200. The first-order chi connectivity index (χ1) is 14.3. The number of nitrogens with two attached hydrogens (primary N) is 1. The number of benzene rings is 2. The second-order valence-corrected chi connectivity index (χ2v) is 7.53. The van der Waals surface area contributed by atoms with Crippen LogP contribution in [0.1, 0.15) is 18.9 Å². The predicted octanol–water partition coefficient (Wildman–Crippen LogP) is 3.08. The Balaban J connectivity index is 1.72. The van der Waals surface area contributed by atoms with Crippen LogP contribution in [0, 0.1) is 11.6 Å². The molecule has 10 heteroatoms. The summed E-state index contributed by atoms with van der Waals surface area (Å²) in [7, 11) is 1.36. The molecule has 0 aromatic heterocycles. The molecule has 1 aliphatic heterocycles. The average molecular weight is 432 g/mol. The molecule has 0 spiro atoms. The summed E-state index contributed by atoms with van der Waals surface area (Å²) < 4.78 is 32.7. The smallest absolute Gasteiger partial charge is 0.247 e. The maximum absolute atomic E-state index is 14.0. The first kappa shape index (κ1) is 21.4. The molecule has 0 radical (unpaired) electrons. The molecule has 1 unspecified atom stereocenters. The van der Waals surface area contributed by atoms with Gasteiger partial charge in [0.2, 0.25) is 11.8 Å². The maximum Gasteiger partial charge on any atom is 0.247 e. The van der Waals surface area contributed by atoms with Crippen molar-refractivity contribution in [2.45, 2.75) is 18.6 Å². The van der Waals surface area contributed by atoms with Crippen molar-refractivity contribution in [1.82, 2.24) is 0 Å². The second kappa shape index (κ2) is 9.04. The molecule has 30 heavy (non-hydrogen) atoms. The van der Waals surface area contributed by atoms with Gasteiger partial charge in [-0.25, -0.2) is 13.7 Å². The third-order valence-corrected chi connectivity index (χ3v) is 5.31. The number of hydrogen-bond acceptors (Lipinski definition) is 6. The van der Waals surface area contributed by atoms with E-state index in [2.05, 4.69) is 10.2 Å². The number of thioether (sulfide) groups is 1. The van der Waals surface area contributed by atoms with Crippen LogP contribution in [0.2, 0.25) is 0 Å². The van der Waals surface area contributed by atoms with Gasteiger partial charge in [0.15, 0.2) is 16.7 Å². The highest BCUT2D eigenvalue weighted by molar-refractivity contribution is 8.14. The molecular formula is C20H18F2N4O3S. The van der Waals surface area contributed by atoms with Crippen LogP contribution in [0.25, 0.3) is 0 Å². The summed E-state index contributed by atoms with van der Waals surface area (Å²) in [4.78, 5) is 25.6. The van der Waals surface area contributed by atoms with Gasteiger partial charge in [-0.15, -0.1) is 5.10 Å². The fourth-order valence-corrected chi connectivity index (χ4v) is 3.64. The highest BCUT2D eigenvalue weighted by Crippen LogP contribution is 2.31. The van der Waals surface area contributed by atoms with E-state index >= 15 is 0 Å². The molecule has 2 aromatic carbocycles. The Bertz CT molecular complexity index is 1060. The number of halogens is 2. The quantitative estimate of drug-likeness (QED) is 0.339. The van der Waals surface area contributed by atoms with Crippen LogP contribution in [0.4, 0.5) is 14.5 Å². The second-order valence-electron chi connectivity index (χ2n) is 6.30. The average Bonchev–Trinajstić information content (AvgIpc) is 2.99. The minimum atomic E-state index is -0.838. The maximum atomic E-state index is 14.0. The lowest BCUT2D eigenvalue weighted by atomic mass is 10.1. The number of carbonyl (C=O) groups is 2. The zero-order valence-corrected chi connectivity index (χ0v) is 17.0. The van der Waals surface area contributed by atoms with Gasteiger partial charge in [0.05, 0.1) is 18.5 Å². The number of nitrogens with zero attached hydrogens (tertiary/aromatic N) is 3. The van der Waals surface area contributed by atoms with Crippen LogP contribution in [0.15, 0.2) is 52.7 Å². The number of hydrogen-bond donors (Lipinski definition) is 1. The molecular weight excluding hydrogens is 414 g/mol. The van der Waals surface area contributed by atoms with Crippen LogP contribution < -0.4 is 15.4 Å². The molecule has 2 N–H and O–H groups in total. The Hall–Kier alpha value is -3.27. The summed E-state index contributed by atoms with van der Waals surface area (Å²) in [5, 5.41) is 6.91. The SMILES string of the molecule is COc1ccc(/C(C)=N/N=C(\N)SC2CC(=O)N(c3ccccc3F)C2=O)cc1F. The van der Waals surface area contributed by atoms with Crippen molar-refractivity contribution in [2.24, 2.45) is 15.9 Å². The van der Waals surface area contributed by atoms with Gasteiger partial charge in [-0.1, -0.05) is 23.9 Å². The first-order valence-corrected chi connectivity index (χ1v) is 9.69. The van der Waals surface area contributed by atoms with Crippen molar-refractivity contribution in [2.75, 3.05) is 12.0 Å². The van der Waals surface area contributed by atoms with E-state index in [-0.39, 0.29) is 23.0 Å². The molecule has 1 saturated heterocycles. The molecule has 156 valence electrons. The van der Waals surface area contributed by atoms with Crippen LogP contribution in [-0.4, -0.2) is 35.1 Å². The van der Waals surface area contributed by atoms with Gasteiger partial charge in [-0.05, 0) is 37.3 Å². The minimum Gasteiger partial charge on any atom is -0.494 e. The number of amides is 2. The highest BCUT2D eigenvalue weighted by Gasteiger charge is 2.41. The van der Waals surface area contributed by atoms with Gasteiger partial charge in [0, 0.05) is 12.0 Å². The van der Waals surface area contributed by atoms with E-state index in [0.29, 0.717) is 11.3 Å². The molecule has 0 saturated carbocycles. The molecule has 0 bridgehead atoms. The summed E-state index contributed by atoms with van der Waals surface area (Å²) in [5.74, 6) is -2.21. The number of para-hydroxylation sites is 1. The Kier molecular flexibility index (Phi) is 6.46. The van der Waals surface area contributed by atoms with Gasteiger partial charge in [-0.2, -0.15) is 5.10 Å². The number of ether oxygens (including phenoxy) is 1. The van der Waals surface area contributed by atoms with E-state index in [1.807, 2.05) is 0 Å². The van der Waals surface area contributed by atoms with E-state index in [9.17, 15) is 18.4 Å². The monoisotopic (exact) mass is 432 g/mol. The standard InChI is InChI=1S/C20H18F2N4O3S/c1-11(12-7-8-16(29-2)14(22)9-12)24-25-20(23)30-17-10-18(27)26(19(17)28)15-6-4-3-5-13(15)21/h3-9,17H,10H2,1-2H3,(H2,23,25)/b24-11+. The predicted molar refractivity (Wildman–Crippen MR) is 112 cm³/mol. The zero-order chi connectivity index (χ0) is 21.8. The lowest BCUT2D eigenvalue weighted by Crippen LogP contribution is -2.32. The number of imide groups is 1. The van der Waals surface area contributed by atoms with Crippen molar-refractivity contribution >= 4 is 40.1 Å². The Morgan fingerprint density at radius 3 is 2.57 bits per heavy atom. The zero-order valence-electron chi connectivity index (χ0n) is 16.1. The molecule has 7 nitrogen and oxygen atoms in total. The summed E-state index contributed by atoms with van der Waals surface area (Å²) in [6.45, 7) is 1.62. The van der Waals surface area contributed by atoms with Crippen molar-refractivity contribution in [3.8, 4) is 5.75 Å². The van der Waals surface area contributed by atoms with E-state index in [4.69, 9.17) is 10.5 Å². The number of carbonyl (C=O) groups excluding carboxylic acids is 2. The summed E-state index contributed by atoms with van der Waals surface area (Å²) in [6, 6.07) is 9.87. The Morgan fingerprint density at radius 1 is 1.17 bits per heavy atom. The topological polar surface area (TPSA) is 97.3 Å². The van der Waals surface area contributed by atoms with Gasteiger partial charge in [0.25, 0.3) is 0 Å². The number of rotatable bonds is 5. The van der Waals surface area contributed by atoms with Crippen LogP contribution in [0.3, 0.4) is 0 Å². The molecule has 1 atom stereocenters. The largest absolute Gasteiger partial charge is 0.494 e. The first-order valence-electron chi connectivity index (χ1n) is 8.81. The van der Waals surface area contributed by atoms with Crippen LogP contribution in [0.5, 0.6) is 5.75 Å². The summed E-state index contributed by atoms with van der Waals surface area (Å²) >= 11 is 0.862. The van der Waals surface area contributed by atoms with Crippen molar-refractivity contribution < 1.29 is 23.1 Å². The van der Waals surface area contributed by atoms with Gasteiger partial charge >= 0.3 is 0 Å². The number of amidine groups is 1. The van der Waals surface area contributed by atoms with Gasteiger partial charge < -0.3 is 10.5 Å². The molecule has 0 aliphatic carbocycles. The van der Waals surface area contributed by atoms with E-state index in [0.717, 1.165) is 16.7 Å². The number of methoxy groups -OCH3 is 1. The van der Waals surface area contributed by atoms with Crippen LogP contribution in [-0.2, 0) is 9.59 Å². The molecule has 1 aliphatic rings. The summed E-state index contributed by atoms with van der Waals surface area (Å²) in [6.07, 6.45) is -0.138. The lowest BCUT2D eigenvalue weighted by molar-refractivity contribution is -0.121. The molecule has 3 rings (SSSR count). The summed E-state index contributed by atoms with van der Waals surface area (Å²) in [5.41, 5.74) is 6.61. The highest BCUT2D eigenvalue weighted by atomic mass is 32.2. The minimum absolute atomic E-state index is 0.0510. The van der Waals surface area contributed by atoms with Crippen molar-refractivity contribution in [3.63, 3.8) is 0 Å². The van der Waals surface area contributed by atoms with Crippen molar-refractivity contribution in [1.29, 1.82) is 0 Å². The van der Waals surface area contributed by atoms with Crippen molar-refractivity contribution in [3.05, 3.63) is 59.7 Å². The molecule has 2 amide bonds. The third-order valence-electron chi connectivity index (χ3n) is 4.33. The molecule has 1 fully saturated rings. The van der Waals surface area contributed by atoms with E-state index in [1.165, 1.54) is 43.5 Å². The van der Waals surface area contributed by atoms with Gasteiger partial charge in [-0.3, -0.25) is 9.59 Å². The number of anilines is 1. The van der Waals surface area contributed by atoms with E-state index < -0.39 is 28.7 Å². The fourth-order valence-electron chi connectivity index (χ4n) is 2.83. The normalized spacial score (nSPS) is 17.6. The Morgan fingerprint density at radius 2 is 1.90 bits per heavy atom. The third kappa shape index (κ3) is 4.48. The Labute approximate surface area is 175 Å². The van der Waals surface area contributed by atoms with Crippen LogP contribution >= 0.6 is 11.8 Å². The molecule has 2 aromatic rings. The van der Waals surface area contributed by atoms with E-state index in [1.54, 1.807) is 13.0 Å². The molecule has 1 heterocycles.